The van der Waals surface area contributed by atoms with Gasteiger partial charge in [0.2, 0.25) is 0 Å². The lowest BCUT2D eigenvalue weighted by atomic mass is 10.1. The summed E-state index contributed by atoms with van der Waals surface area (Å²) in [4.78, 5) is 0. The number of alkyl halides is 3. The van der Waals surface area contributed by atoms with Crippen molar-refractivity contribution in [1.82, 2.24) is 15.0 Å². The summed E-state index contributed by atoms with van der Waals surface area (Å²) < 4.78 is 39.2. The van der Waals surface area contributed by atoms with E-state index in [1.165, 1.54) is 16.9 Å². The van der Waals surface area contributed by atoms with Gasteiger partial charge in [-0.3, -0.25) is 0 Å². The number of benzene rings is 1. The zero-order valence-corrected chi connectivity index (χ0v) is 11.0. The lowest BCUT2D eigenvalue weighted by Gasteiger charge is -2.12. The highest BCUT2D eigenvalue weighted by atomic mass is 19.4. The molecule has 7 heteroatoms. The van der Waals surface area contributed by atoms with Gasteiger partial charge in [-0.2, -0.15) is 13.2 Å². The Morgan fingerprint density at radius 3 is 2.50 bits per heavy atom. The molecule has 1 heterocycles. The second-order valence-electron chi connectivity index (χ2n) is 5.06. The number of rotatable bonds is 3. The molecule has 1 aromatic heterocycles. The topological polar surface area (TPSA) is 50.9 Å². The van der Waals surface area contributed by atoms with Gasteiger partial charge < -0.3 is 5.11 Å². The Hall–Kier alpha value is -1.89. The van der Waals surface area contributed by atoms with E-state index in [0.717, 1.165) is 12.1 Å². The van der Waals surface area contributed by atoms with Gasteiger partial charge in [-0.05, 0) is 31.5 Å². The van der Waals surface area contributed by atoms with Crippen LogP contribution in [0.5, 0.6) is 0 Å². The Kier molecular flexibility index (Phi) is 3.56. The van der Waals surface area contributed by atoms with E-state index in [4.69, 9.17) is 0 Å². The van der Waals surface area contributed by atoms with Crippen LogP contribution in [0.25, 0.3) is 0 Å². The fourth-order valence-corrected chi connectivity index (χ4v) is 1.69. The monoisotopic (exact) mass is 285 g/mol. The van der Waals surface area contributed by atoms with Crippen molar-refractivity contribution in [2.75, 3.05) is 0 Å². The average molecular weight is 285 g/mol. The van der Waals surface area contributed by atoms with Gasteiger partial charge in [0, 0.05) is 0 Å². The highest BCUT2D eigenvalue weighted by Gasteiger charge is 2.30. The number of aromatic nitrogens is 3. The van der Waals surface area contributed by atoms with Crippen molar-refractivity contribution < 1.29 is 18.3 Å². The van der Waals surface area contributed by atoms with Gasteiger partial charge in [0.05, 0.1) is 18.3 Å². The molecule has 108 valence electrons. The molecule has 0 amide bonds. The minimum atomic E-state index is -4.36. The summed E-state index contributed by atoms with van der Waals surface area (Å²) in [7, 11) is 0. The van der Waals surface area contributed by atoms with Crippen LogP contribution in [0.2, 0.25) is 0 Å². The van der Waals surface area contributed by atoms with Crippen molar-refractivity contribution in [3.8, 4) is 0 Å². The van der Waals surface area contributed by atoms with Crippen molar-refractivity contribution >= 4 is 0 Å². The first-order valence-electron chi connectivity index (χ1n) is 5.95. The smallest absolute Gasteiger partial charge is 0.384 e. The molecule has 0 saturated heterocycles. The van der Waals surface area contributed by atoms with Crippen molar-refractivity contribution in [1.29, 1.82) is 0 Å². The summed E-state index contributed by atoms with van der Waals surface area (Å²) in [5, 5.41) is 17.3. The number of hydrogen-bond donors (Lipinski definition) is 1. The first-order valence-corrected chi connectivity index (χ1v) is 5.95. The molecule has 0 spiro atoms. The van der Waals surface area contributed by atoms with Gasteiger partial charge in [0.15, 0.2) is 0 Å². The third-order valence-corrected chi connectivity index (χ3v) is 2.76. The van der Waals surface area contributed by atoms with E-state index in [1.54, 1.807) is 19.9 Å². The third-order valence-electron chi connectivity index (χ3n) is 2.76. The first kappa shape index (κ1) is 14.5. The molecule has 20 heavy (non-hydrogen) atoms. The van der Waals surface area contributed by atoms with Crippen LogP contribution in [0.4, 0.5) is 13.2 Å². The Labute approximate surface area is 113 Å². The quantitative estimate of drug-likeness (QED) is 0.943. The van der Waals surface area contributed by atoms with Gasteiger partial charge in [0.25, 0.3) is 0 Å². The Bertz CT molecular complexity index is 599. The maximum absolute atomic E-state index is 12.6. The van der Waals surface area contributed by atoms with E-state index in [9.17, 15) is 18.3 Å². The molecule has 0 aliphatic carbocycles. The van der Waals surface area contributed by atoms with Crippen LogP contribution < -0.4 is 0 Å². The first-order chi connectivity index (χ1) is 9.16. The SMILES string of the molecule is CC(C)(O)c1cn(Cc2cccc(C(F)(F)F)c2)nn1. The van der Waals surface area contributed by atoms with E-state index < -0.39 is 17.3 Å². The molecule has 4 nitrogen and oxygen atoms in total. The van der Waals surface area contributed by atoms with Crippen LogP contribution in [0.15, 0.2) is 30.5 Å². The molecule has 0 radical (unpaired) electrons. The van der Waals surface area contributed by atoms with Crippen LogP contribution in [-0.4, -0.2) is 20.1 Å². The largest absolute Gasteiger partial charge is 0.416 e. The average Bonchev–Trinajstić information content (AvgIpc) is 2.76. The fraction of sp³-hybridized carbons (Fsp3) is 0.385. The number of hydrogen-bond acceptors (Lipinski definition) is 3. The van der Waals surface area contributed by atoms with Crippen LogP contribution in [0.3, 0.4) is 0 Å². The van der Waals surface area contributed by atoms with Crippen LogP contribution in [0, 0.1) is 0 Å². The number of aliphatic hydroxyl groups is 1. The number of halogens is 3. The molecular formula is C13H14F3N3O. The van der Waals surface area contributed by atoms with Crippen LogP contribution >= 0.6 is 0 Å². The second kappa shape index (κ2) is 4.90. The van der Waals surface area contributed by atoms with Gasteiger partial charge in [-0.25, -0.2) is 4.68 Å². The summed E-state index contributed by atoms with van der Waals surface area (Å²) >= 11 is 0. The lowest BCUT2D eigenvalue weighted by Crippen LogP contribution is -2.15. The zero-order valence-electron chi connectivity index (χ0n) is 11.0. The summed E-state index contributed by atoms with van der Waals surface area (Å²) in [6.45, 7) is 3.28. The van der Waals surface area contributed by atoms with E-state index in [-0.39, 0.29) is 6.54 Å². The highest BCUT2D eigenvalue weighted by molar-refractivity contribution is 5.25. The molecule has 0 unspecified atom stereocenters. The van der Waals surface area contributed by atoms with Crippen molar-refractivity contribution in [3.05, 3.63) is 47.3 Å². The Morgan fingerprint density at radius 1 is 1.25 bits per heavy atom. The Morgan fingerprint density at radius 2 is 1.95 bits per heavy atom. The van der Waals surface area contributed by atoms with Crippen LogP contribution in [-0.2, 0) is 18.3 Å². The molecule has 0 atom stereocenters. The maximum atomic E-state index is 12.6. The zero-order chi connectivity index (χ0) is 15.0. The normalized spacial score (nSPS) is 12.7. The second-order valence-corrected chi connectivity index (χ2v) is 5.06. The summed E-state index contributed by atoms with van der Waals surface area (Å²) in [5.41, 5.74) is -0.999. The lowest BCUT2D eigenvalue weighted by molar-refractivity contribution is -0.137. The molecule has 0 aliphatic heterocycles. The molecular weight excluding hydrogens is 271 g/mol. The van der Waals surface area contributed by atoms with Gasteiger partial charge in [-0.15, -0.1) is 5.10 Å². The Balaban J connectivity index is 2.20. The minimum absolute atomic E-state index is 0.160. The van der Waals surface area contributed by atoms with Crippen molar-refractivity contribution in [2.45, 2.75) is 32.2 Å². The van der Waals surface area contributed by atoms with E-state index in [1.807, 2.05) is 0 Å². The molecule has 0 bridgehead atoms. The van der Waals surface area contributed by atoms with Crippen molar-refractivity contribution in [2.24, 2.45) is 0 Å². The minimum Gasteiger partial charge on any atom is -0.384 e. The predicted molar refractivity (Wildman–Crippen MR) is 65.8 cm³/mol. The predicted octanol–water partition coefficient (Wildman–Crippen LogP) is 2.57. The fourth-order valence-electron chi connectivity index (χ4n) is 1.69. The molecule has 2 rings (SSSR count). The number of nitrogens with zero attached hydrogens (tertiary/aromatic N) is 3. The molecule has 0 fully saturated rings. The standard InChI is InChI=1S/C13H14F3N3O/c1-12(2,20)11-8-19(18-17-11)7-9-4-3-5-10(6-9)13(14,15)16/h3-6,8,20H,7H2,1-2H3. The molecule has 2 aromatic rings. The molecule has 1 N–H and O–H groups in total. The summed E-state index contributed by atoms with van der Waals surface area (Å²) in [6.07, 6.45) is -2.85. The van der Waals surface area contributed by atoms with Gasteiger partial charge in [-0.1, -0.05) is 17.3 Å². The van der Waals surface area contributed by atoms with E-state index in [2.05, 4.69) is 10.3 Å². The molecule has 0 aliphatic rings. The molecule has 0 saturated carbocycles. The summed E-state index contributed by atoms with van der Waals surface area (Å²) in [6, 6.07) is 5.03. The highest BCUT2D eigenvalue weighted by Crippen LogP contribution is 2.29. The van der Waals surface area contributed by atoms with Crippen LogP contribution in [0.1, 0.15) is 30.7 Å². The van der Waals surface area contributed by atoms with E-state index >= 15 is 0 Å². The van der Waals surface area contributed by atoms with Gasteiger partial charge in [0.1, 0.15) is 11.3 Å². The van der Waals surface area contributed by atoms with E-state index in [0.29, 0.717) is 11.3 Å². The van der Waals surface area contributed by atoms with Gasteiger partial charge >= 0.3 is 6.18 Å². The third kappa shape index (κ3) is 3.36. The molecule has 1 aromatic carbocycles. The van der Waals surface area contributed by atoms with Crippen molar-refractivity contribution in [3.63, 3.8) is 0 Å². The maximum Gasteiger partial charge on any atom is 0.416 e. The summed E-state index contributed by atoms with van der Waals surface area (Å²) in [5.74, 6) is 0.